The number of aromatic nitrogens is 4. The quantitative estimate of drug-likeness (QED) is 0.438. The van der Waals surface area contributed by atoms with Crippen LogP contribution >= 0.6 is 11.8 Å². The SMILES string of the molecule is CC#CCCSc1nnnn1CCNCC(C)C. The van der Waals surface area contributed by atoms with E-state index in [9.17, 15) is 0 Å². The van der Waals surface area contributed by atoms with E-state index in [0.717, 1.165) is 37.0 Å². The lowest BCUT2D eigenvalue weighted by Gasteiger charge is -2.07. The molecule has 1 rings (SSSR count). The lowest BCUT2D eigenvalue weighted by molar-refractivity contribution is 0.482. The molecule has 0 unspecified atom stereocenters. The Kier molecular flexibility index (Phi) is 7.46. The summed E-state index contributed by atoms with van der Waals surface area (Å²) in [6, 6.07) is 0. The van der Waals surface area contributed by atoms with Gasteiger partial charge in [0.1, 0.15) is 0 Å². The summed E-state index contributed by atoms with van der Waals surface area (Å²) >= 11 is 1.65. The molecule has 0 aliphatic carbocycles. The molecule has 5 nitrogen and oxygen atoms in total. The summed E-state index contributed by atoms with van der Waals surface area (Å²) in [6.45, 7) is 8.97. The number of rotatable bonds is 8. The maximum absolute atomic E-state index is 4.02. The monoisotopic (exact) mass is 267 g/mol. The minimum absolute atomic E-state index is 0.667. The standard InChI is InChI=1S/C12H21N5S/c1-4-5-6-9-18-12-14-15-16-17(12)8-7-13-10-11(2)3/h11,13H,6-10H2,1-3H3. The molecular weight excluding hydrogens is 246 g/mol. The molecule has 0 fully saturated rings. The van der Waals surface area contributed by atoms with Gasteiger partial charge in [-0.2, -0.15) is 0 Å². The molecule has 0 saturated carbocycles. The van der Waals surface area contributed by atoms with Gasteiger partial charge in [0.25, 0.3) is 0 Å². The molecule has 0 aromatic carbocycles. The first kappa shape index (κ1) is 15.0. The largest absolute Gasteiger partial charge is 0.315 e. The Labute approximate surface area is 113 Å². The van der Waals surface area contributed by atoms with Crippen molar-refractivity contribution < 1.29 is 0 Å². The van der Waals surface area contributed by atoms with E-state index in [2.05, 4.69) is 46.5 Å². The normalized spacial score (nSPS) is 10.4. The zero-order chi connectivity index (χ0) is 13.2. The third kappa shape index (κ3) is 6.03. The van der Waals surface area contributed by atoms with Gasteiger partial charge >= 0.3 is 0 Å². The van der Waals surface area contributed by atoms with E-state index < -0.39 is 0 Å². The average Bonchev–Trinajstić information content (AvgIpc) is 2.78. The lowest BCUT2D eigenvalue weighted by Crippen LogP contribution is -2.24. The third-order valence-corrected chi connectivity index (χ3v) is 3.15. The van der Waals surface area contributed by atoms with Crippen LogP contribution in [0, 0.1) is 17.8 Å². The van der Waals surface area contributed by atoms with Crippen LogP contribution in [0.1, 0.15) is 27.2 Å². The molecule has 0 amide bonds. The second-order valence-corrected chi connectivity index (χ2v) is 5.37. The van der Waals surface area contributed by atoms with E-state index >= 15 is 0 Å². The first-order chi connectivity index (χ1) is 8.74. The first-order valence-corrected chi connectivity index (χ1v) is 7.22. The van der Waals surface area contributed by atoms with Crippen LogP contribution in [0.4, 0.5) is 0 Å². The van der Waals surface area contributed by atoms with Gasteiger partial charge in [-0.15, -0.1) is 16.9 Å². The number of nitrogens with one attached hydrogen (secondary N) is 1. The summed E-state index contributed by atoms with van der Waals surface area (Å²) in [5, 5.41) is 16.0. The smallest absolute Gasteiger partial charge is 0.209 e. The number of hydrogen-bond acceptors (Lipinski definition) is 5. The van der Waals surface area contributed by atoms with E-state index in [4.69, 9.17) is 0 Å². The summed E-state index contributed by atoms with van der Waals surface area (Å²) in [4.78, 5) is 0. The molecule has 1 heterocycles. The van der Waals surface area contributed by atoms with Crippen molar-refractivity contribution in [3.63, 3.8) is 0 Å². The molecule has 0 aliphatic heterocycles. The highest BCUT2D eigenvalue weighted by Crippen LogP contribution is 2.13. The molecule has 6 heteroatoms. The maximum Gasteiger partial charge on any atom is 0.209 e. The predicted molar refractivity (Wildman–Crippen MR) is 74.3 cm³/mol. The Hall–Kier alpha value is -1.06. The minimum atomic E-state index is 0.667. The molecule has 0 spiro atoms. The van der Waals surface area contributed by atoms with Crippen molar-refractivity contribution in [2.45, 2.75) is 38.9 Å². The van der Waals surface area contributed by atoms with Crippen molar-refractivity contribution in [2.75, 3.05) is 18.8 Å². The van der Waals surface area contributed by atoms with Gasteiger partial charge in [-0.3, -0.25) is 0 Å². The van der Waals surface area contributed by atoms with Crippen molar-refractivity contribution in [1.82, 2.24) is 25.5 Å². The summed E-state index contributed by atoms with van der Waals surface area (Å²) in [5.41, 5.74) is 0. The van der Waals surface area contributed by atoms with Crippen LogP contribution in [0.5, 0.6) is 0 Å². The van der Waals surface area contributed by atoms with Crippen molar-refractivity contribution in [2.24, 2.45) is 5.92 Å². The van der Waals surface area contributed by atoms with Crippen LogP contribution < -0.4 is 5.32 Å². The number of nitrogens with zero attached hydrogens (tertiary/aromatic N) is 4. The molecule has 1 N–H and O–H groups in total. The molecule has 1 aromatic rings. The maximum atomic E-state index is 4.02. The van der Waals surface area contributed by atoms with Gasteiger partial charge in [0.15, 0.2) is 0 Å². The molecule has 100 valence electrons. The van der Waals surface area contributed by atoms with Crippen molar-refractivity contribution in [3.05, 3.63) is 0 Å². The highest BCUT2D eigenvalue weighted by molar-refractivity contribution is 7.99. The van der Waals surface area contributed by atoms with Crippen LogP contribution in [0.3, 0.4) is 0 Å². The van der Waals surface area contributed by atoms with Gasteiger partial charge in [-0.1, -0.05) is 25.6 Å². The average molecular weight is 267 g/mol. The fourth-order valence-corrected chi connectivity index (χ4v) is 2.09. The fraction of sp³-hybridized carbons (Fsp3) is 0.750. The number of thioether (sulfide) groups is 1. The zero-order valence-electron chi connectivity index (χ0n) is 11.3. The molecule has 18 heavy (non-hydrogen) atoms. The van der Waals surface area contributed by atoms with Crippen molar-refractivity contribution >= 4 is 11.8 Å². The topological polar surface area (TPSA) is 55.6 Å². The molecule has 0 saturated heterocycles. The number of hydrogen-bond donors (Lipinski definition) is 1. The first-order valence-electron chi connectivity index (χ1n) is 6.23. The summed E-state index contributed by atoms with van der Waals surface area (Å²) in [5.74, 6) is 7.52. The summed E-state index contributed by atoms with van der Waals surface area (Å²) < 4.78 is 1.84. The predicted octanol–water partition coefficient (Wildman–Crippen LogP) is 1.42. The molecule has 0 radical (unpaired) electrons. The third-order valence-electron chi connectivity index (χ3n) is 2.19. The Balaban J connectivity index is 2.27. The zero-order valence-corrected chi connectivity index (χ0v) is 12.1. The van der Waals surface area contributed by atoms with E-state index in [0.29, 0.717) is 5.92 Å². The van der Waals surface area contributed by atoms with E-state index in [1.165, 1.54) is 0 Å². The minimum Gasteiger partial charge on any atom is -0.315 e. The molecular formula is C12H21N5S. The number of tetrazole rings is 1. The highest BCUT2D eigenvalue weighted by atomic mass is 32.2. The van der Waals surface area contributed by atoms with Crippen LogP contribution in [0.15, 0.2) is 5.16 Å². The van der Waals surface area contributed by atoms with Gasteiger partial charge in [-0.25, -0.2) is 4.68 Å². The Morgan fingerprint density at radius 2 is 2.28 bits per heavy atom. The van der Waals surface area contributed by atoms with Crippen LogP contribution in [0.2, 0.25) is 0 Å². The van der Waals surface area contributed by atoms with Gasteiger partial charge in [0.05, 0.1) is 6.54 Å². The van der Waals surface area contributed by atoms with Crippen LogP contribution in [-0.2, 0) is 6.54 Å². The Bertz CT molecular complexity index is 391. The van der Waals surface area contributed by atoms with Gasteiger partial charge in [0.2, 0.25) is 5.16 Å². The van der Waals surface area contributed by atoms with Gasteiger partial charge < -0.3 is 5.32 Å². The Morgan fingerprint density at radius 3 is 3.00 bits per heavy atom. The second-order valence-electron chi connectivity index (χ2n) is 4.31. The van der Waals surface area contributed by atoms with E-state index in [1.54, 1.807) is 11.8 Å². The molecule has 1 aromatic heterocycles. The van der Waals surface area contributed by atoms with Crippen molar-refractivity contribution in [1.29, 1.82) is 0 Å². The molecule has 0 bridgehead atoms. The van der Waals surface area contributed by atoms with Gasteiger partial charge in [0, 0.05) is 18.7 Å². The molecule has 0 aliphatic rings. The second kappa shape index (κ2) is 8.95. The highest BCUT2D eigenvalue weighted by Gasteiger charge is 2.05. The van der Waals surface area contributed by atoms with Crippen molar-refractivity contribution in [3.8, 4) is 11.8 Å². The van der Waals surface area contributed by atoms with E-state index in [1.807, 2.05) is 11.6 Å². The van der Waals surface area contributed by atoms with Crippen LogP contribution in [0.25, 0.3) is 0 Å². The van der Waals surface area contributed by atoms with Crippen LogP contribution in [-0.4, -0.2) is 39.0 Å². The van der Waals surface area contributed by atoms with Gasteiger partial charge in [-0.05, 0) is 29.8 Å². The fourth-order valence-electron chi connectivity index (χ4n) is 1.33. The summed E-state index contributed by atoms with van der Waals surface area (Å²) in [7, 11) is 0. The molecule has 0 atom stereocenters. The van der Waals surface area contributed by atoms with E-state index in [-0.39, 0.29) is 0 Å². The lowest BCUT2D eigenvalue weighted by atomic mass is 10.2. The summed E-state index contributed by atoms with van der Waals surface area (Å²) in [6.07, 6.45) is 0.875. The Morgan fingerprint density at radius 1 is 1.44 bits per heavy atom.